The Balaban J connectivity index is 2.63. The van der Waals surface area contributed by atoms with Gasteiger partial charge in [0.25, 0.3) is 0 Å². The third-order valence-corrected chi connectivity index (χ3v) is 2.28. The lowest BCUT2D eigenvalue weighted by Crippen LogP contribution is -2.33. The van der Waals surface area contributed by atoms with Crippen molar-refractivity contribution in [1.29, 1.82) is 0 Å². The molecule has 5 nitrogen and oxygen atoms in total. The number of nitrogens with one attached hydrogen (secondary N) is 1. The van der Waals surface area contributed by atoms with Crippen LogP contribution in [0.5, 0.6) is 0 Å². The smallest absolute Gasteiger partial charge is 0.307 e. The minimum absolute atomic E-state index is 0.521. The Hall–Kier alpha value is -1.10. The van der Waals surface area contributed by atoms with Crippen molar-refractivity contribution in [2.45, 2.75) is 19.3 Å². The second-order valence-electron chi connectivity index (χ2n) is 2.96. The molecule has 0 bridgehead atoms. The summed E-state index contributed by atoms with van der Waals surface area (Å²) < 4.78 is 0. The Bertz CT molecular complexity index is 204. The first kappa shape index (κ1) is 8.99. The fourth-order valence-corrected chi connectivity index (χ4v) is 1.65. The molecule has 2 atom stereocenters. The minimum Gasteiger partial charge on any atom is -0.481 e. The predicted molar refractivity (Wildman–Crippen MR) is 38.4 cm³/mol. The molecule has 1 amide bonds. The van der Waals surface area contributed by atoms with Gasteiger partial charge in [-0.3, -0.25) is 14.8 Å². The van der Waals surface area contributed by atoms with E-state index in [0.717, 1.165) is 6.42 Å². The van der Waals surface area contributed by atoms with Crippen LogP contribution in [0.4, 0.5) is 0 Å². The Morgan fingerprint density at radius 3 is 2.33 bits per heavy atom. The zero-order chi connectivity index (χ0) is 9.14. The Labute approximate surface area is 69.3 Å². The van der Waals surface area contributed by atoms with Crippen molar-refractivity contribution in [3.05, 3.63) is 0 Å². The van der Waals surface area contributed by atoms with Crippen LogP contribution in [0.25, 0.3) is 0 Å². The van der Waals surface area contributed by atoms with Crippen molar-refractivity contribution >= 4 is 11.9 Å². The number of rotatable bonds is 2. The standard InChI is InChI=1S/C7H11NO4/c9-6(8-12)4-2-1-3-5(4)7(10)11/h4-5,12H,1-3H2,(H,8,9)(H,10,11). The van der Waals surface area contributed by atoms with Crippen LogP contribution in [0, 0.1) is 11.8 Å². The molecular formula is C7H11NO4. The molecule has 12 heavy (non-hydrogen) atoms. The van der Waals surface area contributed by atoms with E-state index in [9.17, 15) is 9.59 Å². The molecular weight excluding hydrogens is 162 g/mol. The molecule has 1 rings (SSSR count). The van der Waals surface area contributed by atoms with Gasteiger partial charge in [0.15, 0.2) is 0 Å². The molecule has 1 aliphatic rings. The number of carbonyl (C=O) groups is 2. The summed E-state index contributed by atoms with van der Waals surface area (Å²) in [6.07, 6.45) is 1.80. The highest BCUT2D eigenvalue weighted by atomic mass is 16.5. The average Bonchev–Trinajstić information content (AvgIpc) is 2.50. The number of aliphatic carboxylic acids is 1. The van der Waals surface area contributed by atoms with Gasteiger partial charge >= 0.3 is 5.97 Å². The largest absolute Gasteiger partial charge is 0.481 e. The molecule has 1 saturated carbocycles. The number of amides is 1. The molecule has 5 heteroatoms. The lowest BCUT2D eigenvalue weighted by Gasteiger charge is -2.12. The number of hydrogen-bond donors (Lipinski definition) is 3. The molecule has 1 aliphatic carbocycles. The maximum absolute atomic E-state index is 10.9. The molecule has 2 unspecified atom stereocenters. The summed E-state index contributed by atoms with van der Waals surface area (Å²) in [5, 5.41) is 17.0. The van der Waals surface area contributed by atoms with Crippen molar-refractivity contribution in [3.63, 3.8) is 0 Å². The lowest BCUT2D eigenvalue weighted by atomic mass is 9.96. The van der Waals surface area contributed by atoms with Gasteiger partial charge in [0, 0.05) is 0 Å². The highest BCUT2D eigenvalue weighted by Crippen LogP contribution is 2.31. The molecule has 0 saturated heterocycles. The van der Waals surface area contributed by atoms with Gasteiger partial charge in [-0.25, -0.2) is 5.48 Å². The monoisotopic (exact) mass is 173 g/mol. The quantitative estimate of drug-likeness (QED) is 0.405. The van der Waals surface area contributed by atoms with Gasteiger partial charge in [-0.1, -0.05) is 6.42 Å². The molecule has 0 aromatic carbocycles. The molecule has 1 fully saturated rings. The van der Waals surface area contributed by atoms with Crippen LogP contribution in [0.1, 0.15) is 19.3 Å². The Kier molecular flexibility index (Phi) is 2.65. The number of hydroxylamine groups is 1. The summed E-state index contributed by atoms with van der Waals surface area (Å²) in [6, 6.07) is 0. The molecule has 0 aromatic heterocycles. The highest BCUT2D eigenvalue weighted by Gasteiger charge is 2.37. The maximum atomic E-state index is 10.9. The van der Waals surface area contributed by atoms with Gasteiger partial charge in [0.05, 0.1) is 11.8 Å². The van der Waals surface area contributed by atoms with Crippen LogP contribution in [-0.4, -0.2) is 22.2 Å². The van der Waals surface area contributed by atoms with E-state index < -0.39 is 23.7 Å². The fourth-order valence-electron chi connectivity index (χ4n) is 1.65. The van der Waals surface area contributed by atoms with Gasteiger partial charge in [0.2, 0.25) is 5.91 Å². The topological polar surface area (TPSA) is 86.6 Å². The second kappa shape index (κ2) is 3.53. The van der Waals surface area contributed by atoms with E-state index in [2.05, 4.69) is 0 Å². The predicted octanol–water partition coefficient (Wildman–Crippen LogP) is -0.00730. The highest BCUT2D eigenvalue weighted by molar-refractivity contribution is 5.84. The van der Waals surface area contributed by atoms with Crippen molar-refractivity contribution in [3.8, 4) is 0 Å². The average molecular weight is 173 g/mol. The van der Waals surface area contributed by atoms with Crippen molar-refractivity contribution in [2.24, 2.45) is 11.8 Å². The first-order valence-corrected chi connectivity index (χ1v) is 3.83. The van der Waals surface area contributed by atoms with E-state index in [0.29, 0.717) is 12.8 Å². The van der Waals surface area contributed by atoms with Crippen molar-refractivity contribution in [1.82, 2.24) is 5.48 Å². The van der Waals surface area contributed by atoms with E-state index in [4.69, 9.17) is 10.3 Å². The zero-order valence-electron chi connectivity index (χ0n) is 6.49. The third-order valence-electron chi connectivity index (χ3n) is 2.28. The molecule has 0 aromatic rings. The number of carbonyl (C=O) groups excluding carboxylic acids is 1. The summed E-state index contributed by atoms with van der Waals surface area (Å²) in [5.41, 5.74) is 1.49. The van der Waals surface area contributed by atoms with Crippen LogP contribution in [0.3, 0.4) is 0 Å². The Morgan fingerprint density at radius 2 is 1.83 bits per heavy atom. The van der Waals surface area contributed by atoms with E-state index in [1.54, 1.807) is 0 Å². The number of carboxylic acid groups (broad SMARTS) is 1. The Morgan fingerprint density at radius 1 is 1.25 bits per heavy atom. The fraction of sp³-hybridized carbons (Fsp3) is 0.714. The normalized spacial score (nSPS) is 28.4. The van der Waals surface area contributed by atoms with E-state index >= 15 is 0 Å². The van der Waals surface area contributed by atoms with Crippen molar-refractivity contribution in [2.75, 3.05) is 0 Å². The van der Waals surface area contributed by atoms with Crippen LogP contribution < -0.4 is 5.48 Å². The van der Waals surface area contributed by atoms with Gasteiger partial charge in [-0.15, -0.1) is 0 Å². The summed E-state index contributed by atoms with van der Waals surface area (Å²) in [4.78, 5) is 21.5. The lowest BCUT2D eigenvalue weighted by molar-refractivity contribution is -0.148. The van der Waals surface area contributed by atoms with Gasteiger partial charge in [-0.2, -0.15) is 0 Å². The molecule has 0 spiro atoms. The first-order chi connectivity index (χ1) is 5.66. The van der Waals surface area contributed by atoms with Crippen LogP contribution in [0.2, 0.25) is 0 Å². The van der Waals surface area contributed by atoms with Gasteiger partial charge < -0.3 is 5.11 Å². The van der Waals surface area contributed by atoms with Crippen molar-refractivity contribution < 1.29 is 19.9 Å². The van der Waals surface area contributed by atoms with Gasteiger partial charge in [-0.05, 0) is 12.8 Å². The molecule has 0 heterocycles. The summed E-state index contributed by atoms with van der Waals surface area (Å²) in [7, 11) is 0. The minimum atomic E-state index is -0.957. The van der Waals surface area contributed by atoms with Crippen LogP contribution >= 0.6 is 0 Å². The second-order valence-corrected chi connectivity index (χ2v) is 2.96. The van der Waals surface area contributed by atoms with E-state index in [1.165, 1.54) is 5.48 Å². The SMILES string of the molecule is O=C(O)C1CCCC1C(=O)NO. The first-order valence-electron chi connectivity index (χ1n) is 3.83. The molecule has 68 valence electrons. The maximum Gasteiger partial charge on any atom is 0.307 e. The van der Waals surface area contributed by atoms with E-state index in [-0.39, 0.29) is 0 Å². The third kappa shape index (κ3) is 1.55. The molecule has 0 radical (unpaired) electrons. The summed E-state index contributed by atoms with van der Waals surface area (Å²) in [5.74, 6) is -2.73. The summed E-state index contributed by atoms with van der Waals surface area (Å²) >= 11 is 0. The van der Waals surface area contributed by atoms with E-state index in [1.807, 2.05) is 0 Å². The number of hydrogen-bond acceptors (Lipinski definition) is 3. The molecule has 0 aliphatic heterocycles. The number of carboxylic acids is 1. The molecule has 3 N–H and O–H groups in total. The van der Waals surface area contributed by atoms with Crippen LogP contribution in [-0.2, 0) is 9.59 Å². The van der Waals surface area contributed by atoms with Crippen LogP contribution in [0.15, 0.2) is 0 Å². The summed E-state index contributed by atoms with van der Waals surface area (Å²) in [6.45, 7) is 0. The van der Waals surface area contributed by atoms with Gasteiger partial charge in [0.1, 0.15) is 0 Å². The zero-order valence-corrected chi connectivity index (χ0v) is 6.49.